The Kier molecular flexibility index (Phi) is 3.62. The van der Waals surface area contributed by atoms with E-state index in [-0.39, 0.29) is 5.54 Å². The quantitative estimate of drug-likeness (QED) is 0.885. The van der Waals surface area contributed by atoms with Crippen LogP contribution < -0.4 is 5.73 Å². The van der Waals surface area contributed by atoms with E-state index in [0.29, 0.717) is 0 Å². The fraction of sp³-hybridized carbons (Fsp3) is 0.368. The van der Waals surface area contributed by atoms with Crippen molar-refractivity contribution in [1.82, 2.24) is 0 Å². The van der Waals surface area contributed by atoms with Crippen LogP contribution in [0.25, 0.3) is 0 Å². The van der Waals surface area contributed by atoms with Crippen LogP contribution in [0.15, 0.2) is 48.5 Å². The van der Waals surface area contributed by atoms with Gasteiger partial charge in [0.2, 0.25) is 0 Å². The number of benzene rings is 2. The topological polar surface area (TPSA) is 26.0 Å². The molecule has 1 unspecified atom stereocenters. The Morgan fingerprint density at radius 3 is 2.80 bits per heavy atom. The summed E-state index contributed by atoms with van der Waals surface area (Å²) in [6.45, 7) is 2.22. The average molecular weight is 265 g/mol. The molecule has 3 rings (SSSR count). The minimum absolute atomic E-state index is 0.307. The van der Waals surface area contributed by atoms with Gasteiger partial charge in [0, 0.05) is 0 Å². The Morgan fingerprint density at radius 1 is 1.10 bits per heavy atom. The van der Waals surface area contributed by atoms with Crippen LogP contribution in [0.3, 0.4) is 0 Å². The zero-order valence-electron chi connectivity index (χ0n) is 12.2. The number of hydrogen-bond acceptors (Lipinski definition) is 1. The second-order valence-corrected chi connectivity index (χ2v) is 5.93. The van der Waals surface area contributed by atoms with E-state index in [1.54, 1.807) is 0 Å². The largest absolute Gasteiger partial charge is 0.318 e. The molecule has 1 aliphatic carbocycles. The normalized spacial score (nSPS) is 21.5. The fourth-order valence-corrected chi connectivity index (χ4v) is 3.46. The predicted molar refractivity (Wildman–Crippen MR) is 84.8 cm³/mol. The van der Waals surface area contributed by atoms with E-state index >= 15 is 0 Å². The highest BCUT2D eigenvalue weighted by molar-refractivity contribution is 5.45. The summed E-state index contributed by atoms with van der Waals surface area (Å²) in [5.41, 5.74) is 12.0. The first-order valence-electron chi connectivity index (χ1n) is 7.71. The average Bonchev–Trinajstić information content (AvgIpc) is 2.48. The van der Waals surface area contributed by atoms with Crippen molar-refractivity contribution in [2.45, 2.75) is 44.6 Å². The van der Waals surface area contributed by atoms with E-state index in [1.165, 1.54) is 35.1 Å². The molecule has 0 bridgehead atoms. The van der Waals surface area contributed by atoms with Gasteiger partial charge in [-0.1, -0.05) is 61.9 Å². The first-order valence-corrected chi connectivity index (χ1v) is 7.71. The second-order valence-electron chi connectivity index (χ2n) is 5.93. The van der Waals surface area contributed by atoms with Crippen molar-refractivity contribution in [2.24, 2.45) is 5.73 Å². The molecule has 0 amide bonds. The van der Waals surface area contributed by atoms with Crippen molar-refractivity contribution in [2.75, 3.05) is 0 Å². The number of aryl methyl sites for hydroxylation is 2. The number of rotatable bonds is 3. The molecule has 1 heteroatoms. The lowest BCUT2D eigenvalue weighted by atomic mass is 9.73. The minimum atomic E-state index is -0.307. The molecule has 20 heavy (non-hydrogen) atoms. The maximum Gasteiger partial charge on any atom is 0.0668 e. The molecule has 2 N–H and O–H groups in total. The van der Waals surface area contributed by atoms with Gasteiger partial charge >= 0.3 is 0 Å². The third-order valence-corrected chi connectivity index (χ3v) is 4.50. The highest BCUT2D eigenvalue weighted by Gasteiger charge is 2.34. The van der Waals surface area contributed by atoms with Crippen molar-refractivity contribution in [1.29, 1.82) is 0 Å². The van der Waals surface area contributed by atoms with Crippen molar-refractivity contribution in [3.05, 3.63) is 70.8 Å². The van der Waals surface area contributed by atoms with E-state index in [9.17, 15) is 0 Å². The van der Waals surface area contributed by atoms with E-state index in [4.69, 9.17) is 5.73 Å². The Hall–Kier alpha value is -1.60. The predicted octanol–water partition coefficient (Wildman–Crippen LogP) is 4.18. The highest BCUT2D eigenvalue weighted by atomic mass is 14.8. The summed E-state index contributed by atoms with van der Waals surface area (Å²) in [6.07, 6.45) is 5.68. The smallest absolute Gasteiger partial charge is 0.0668 e. The van der Waals surface area contributed by atoms with Gasteiger partial charge in [-0.3, -0.25) is 0 Å². The lowest BCUT2D eigenvalue weighted by Gasteiger charge is -2.36. The van der Waals surface area contributed by atoms with Crippen LogP contribution in [0.1, 0.15) is 48.4 Å². The molecule has 0 spiro atoms. The maximum absolute atomic E-state index is 6.86. The summed E-state index contributed by atoms with van der Waals surface area (Å²) in [4.78, 5) is 0. The van der Waals surface area contributed by atoms with Gasteiger partial charge in [-0.25, -0.2) is 0 Å². The van der Waals surface area contributed by atoms with Gasteiger partial charge in [-0.05, 0) is 47.9 Å². The Labute approximate surface area is 121 Å². The second kappa shape index (κ2) is 5.41. The first-order chi connectivity index (χ1) is 9.74. The molecular formula is C19H23N. The first kappa shape index (κ1) is 13.4. The van der Waals surface area contributed by atoms with Gasteiger partial charge in [-0.2, -0.15) is 0 Å². The molecule has 0 radical (unpaired) electrons. The zero-order chi connectivity index (χ0) is 14.0. The van der Waals surface area contributed by atoms with Crippen LogP contribution in [0.2, 0.25) is 0 Å². The molecule has 2 aromatic carbocycles. The molecule has 0 heterocycles. The van der Waals surface area contributed by atoms with Gasteiger partial charge < -0.3 is 5.73 Å². The summed E-state index contributed by atoms with van der Waals surface area (Å²) in [5.74, 6) is 0. The zero-order valence-corrected chi connectivity index (χ0v) is 12.2. The number of fused-ring (bicyclic) bond motifs is 1. The molecule has 0 fully saturated rings. The van der Waals surface area contributed by atoms with E-state index in [1.807, 2.05) is 0 Å². The lowest BCUT2D eigenvalue weighted by Crippen LogP contribution is -2.41. The van der Waals surface area contributed by atoms with Crippen LogP contribution in [-0.2, 0) is 18.4 Å². The van der Waals surface area contributed by atoms with E-state index in [0.717, 1.165) is 19.3 Å². The highest BCUT2D eigenvalue weighted by Crippen LogP contribution is 2.38. The summed E-state index contributed by atoms with van der Waals surface area (Å²) in [5, 5.41) is 0. The van der Waals surface area contributed by atoms with E-state index in [2.05, 4.69) is 55.5 Å². The molecule has 0 aliphatic heterocycles. The Morgan fingerprint density at radius 2 is 1.95 bits per heavy atom. The Balaban J connectivity index is 2.07. The SMILES string of the molecule is CCCc1cccc(C2(N)CCCc3ccccc32)c1. The molecule has 0 aromatic heterocycles. The molecule has 2 aromatic rings. The van der Waals surface area contributed by atoms with Crippen molar-refractivity contribution in [3.63, 3.8) is 0 Å². The van der Waals surface area contributed by atoms with Crippen LogP contribution in [0.5, 0.6) is 0 Å². The fourth-order valence-electron chi connectivity index (χ4n) is 3.46. The standard InChI is InChI=1S/C19H23N/c1-2-7-15-8-5-11-17(14-15)19(20)13-6-10-16-9-3-4-12-18(16)19/h3-5,8-9,11-12,14H,2,6-7,10,13,20H2,1H3. The lowest BCUT2D eigenvalue weighted by molar-refractivity contribution is 0.442. The third kappa shape index (κ3) is 2.27. The van der Waals surface area contributed by atoms with Crippen LogP contribution in [-0.4, -0.2) is 0 Å². The molecule has 1 atom stereocenters. The summed E-state index contributed by atoms with van der Waals surface area (Å²) >= 11 is 0. The van der Waals surface area contributed by atoms with Crippen molar-refractivity contribution >= 4 is 0 Å². The van der Waals surface area contributed by atoms with Gasteiger partial charge in [0.25, 0.3) is 0 Å². The van der Waals surface area contributed by atoms with Crippen molar-refractivity contribution in [3.8, 4) is 0 Å². The number of hydrogen-bond donors (Lipinski definition) is 1. The summed E-state index contributed by atoms with van der Waals surface area (Å²) < 4.78 is 0. The van der Waals surface area contributed by atoms with Gasteiger partial charge in [0.05, 0.1) is 5.54 Å². The van der Waals surface area contributed by atoms with E-state index < -0.39 is 0 Å². The van der Waals surface area contributed by atoms with Crippen molar-refractivity contribution < 1.29 is 0 Å². The van der Waals surface area contributed by atoms with Gasteiger partial charge in [0.1, 0.15) is 0 Å². The maximum atomic E-state index is 6.86. The minimum Gasteiger partial charge on any atom is -0.318 e. The summed E-state index contributed by atoms with van der Waals surface area (Å²) in [6, 6.07) is 17.6. The van der Waals surface area contributed by atoms with Crippen LogP contribution in [0, 0.1) is 0 Å². The number of nitrogens with two attached hydrogens (primary N) is 1. The van der Waals surface area contributed by atoms with Crippen LogP contribution >= 0.6 is 0 Å². The molecule has 1 nitrogen and oxygen atoms in total. The molecule has 0 saturated carbocycles. The van der Waals surface area contributed by atoms with Gasteiger partial charge in [0.15, 0.2) is 0 Å². The molecule has 104 valence electrons. The molecule has 1 aliphatic rings. The van der Waals surface area contributed by atoms with Gasteiger partial charge in [-0.15, -0.1) is 0 Å². The van der Waals surface area contributed by atoms with Crippen LogP contribution in [0.4, 0.5) is 0 Å². The third-order valence-electron chi connectivity index (χ3n) is 4.50. The summed E-state index contributed by atoms with van der Waals surface area (Å²) in [7, 11) is 0. The Bertz CT molecular complexity index is 602. The monoisotopic (exact) mass is 265 g/mol. The molecule has 0 saturated heterocycles. The molecular weight excluding hydrogens is 242 g/mol.